The minimum absolute atomic E-state index is 0.0286. The summed E-state index contributed by atoms with van der Waals surface area (Å²) < 4.78 is 29.6. The number of hydrazine groups is 1. The second-order valence-electron chi connectivity index (χ2n) is 4.27. The number of pyridine rings is 1. The van der Waals surface area contributed by atoms with Crippen LogP contribution in [-0.2, 0) is 6.42 Å². The molecule has 0 bridgehead atoms. The van der Waals surface area contributed by atoms with Crippen LogP contribution in [0.2, 0.25) is 0 Å². The summed E-state index contributed by atoms with van der Waals surface area (Å²) in [5.74, 6) is 4.26. The van der Waals surface area contributed by atoms with Crippen molar-refractivity contribution in [3.63, 3.8) is 0 Å². The molecule has 3 nitrogen and oxygen atoms in total. The van der Waals surface area contributed by atoms with E-state index in [-0.39, 0.29) is 16.5 Å². The standard InChI is InChI=1S/C13H10Br3F2N3/c14-6-3-9(16)13(20-5-6)11(21-19)4-7-10(17)2-1-8(15)12(7)18/h1-3,5,11,21H,4,19H2. The largest absolute Gasteiger partial charge is 0.271 e. The molecular weight excluding hydrogens is 476 g/mol. The molecule has 8 heteroatoms. The maximum atomic E-state index is 14.0. The van der Waals surface area contributed by atoms with E-state index in [4.69, 9.17) is 5.84 Å². The molecule has 2 aromatic rings. The summed E-state index contributed by atoms with van der Waals surface area (Å²) in [5.41, 5.74) is 3.06. The minimum atomic E-state index is -0.636. The van der Waals surface area contributed by atoms with Crippen LogP contribution >= 0.6 is 47.8 Å². The topological polar surface area (TPSA) is 50.9 Å². The van der Waals surface area contributed by atoms with Gasteiger partial charge in [-0.1, -0.05) is 0 Å². The van der Waals surface area contributed by atoms with Gasteiger partial charge < -0.3 is 0 Å². The number of hydrogen-bond donors (Lipinski definition) is 2. The maximum Gasteiger partial charge on any atom is 0.143 e. The number of aromatic nitrogens is 1. The van der Waals surface area contributed by atoms with Crippen LogP contribution in [0.15, 0.2) is 37.8 Å². The van der Waals surface area contributed by atoms with Crippen molar-refractivity contribution in [3.05, 3.63) is 60.7 Å². The summed E-state index contributed by atoms with van der Waals surface area (Å²) in [6, 6.07) is 3.79. The zero-order valence-electron chi connectivity index (χ0n) is 10.5. The molecule has 0 spiro atoms. The molecule has 0 fully saturated rings. The molecule has 1 atom stereocenters. The van der Waals surface area contributed by atoms with Crippen LogP contribution in [-0.4, -0.2) is 4.98 Å². The van der Waals surface area contributed by atoms with E-state index in [0.29, 0.717) is 10.2 Å². The summed E-state index contributed by atoms with van der Waals surface area (Å²) in [4.78, 5) is 4.23. The molecule has 1 heterocycles. The van der Waals surface area contributed by atoms with Gasteiger partial charge in [0.1, 0.15) is 11.6 Å². The molecular formula is C13H10Br3F2N3. The van der Waals surface area contributed by atoms with E-state index in [2.05, 4.69) is 58.2 Å². The minimum Gasteiger partial charge on any atom is -0.271 e. The number of hydrogen-bond acceptors (Lipinski definition) is 3. The fourth-order valence-electron chi connectivity index (χ4n) is 1.88. The first kappa shape index (κ1) is 17.0. The van der Waals surface area contributed by atoms with E-state index >= 15 is 0 Å². The average molecular weight is 486 g/mol. The first-order valence-corrected chi connectivity index (χ1v) is 8.21. The average Bonchev–Trinajstić information content (AvgIpc) is 2.44. The second kappa shape index (κ2) is 7.23. The van der Waals surface area contributed by atoms with E-state index in [0.717, 1.165) is 4.47 Å². The summed E-state index contributed by atoms with van der Waals surface area (Å²) in [7, 11) is 0. The third-order valence-corrected chi connectivity index (χ3v) is 4.60. The maximum absolute atomic E-state index is 14.0. The highest BCUT2D eigenvalue weighted by molar-refractivity contribution is 9.11. The van der Waals surface area contributed by atoms with Gasteiger partial charge in [-0.25, -0.2) is 8.78 Å². The number of nitrogens with one attached hydrogen (secondary N) is 1. The van der Waals surface area contributed by atoms with E-state index in [1.54, 1.807) is 12.3 Å². The summed E-state index contributed by atoms with van der Waals surface area (Å²) in [6.07, 6.45) is 1.62. The highest BCUT2D eigenvalue weighted by Gasteiger charge is 2.21. The second-order valence-corrected chi connectivity index (χ2v) is 6.89. The Morgan fingerprint density at radius 1 is 1.19 bits per heavy atom. The van der Waals surface area contributed by atoms with E-state index in [9.17, 15) is 8.78 Å². The molecule has 1 aromatic carbocycles. The van der Waals surface area contributed by atoms with Gasteiger partial charge in [0.05, 0.1) is 16.2 Å². The molecule has 0 aliphatic carbocycles. The first-order valence-electron chi connectivity index (χ1n) is 5.83. The third kappa shape index (κ3) is 3.87. The number of nitrogens with two attached hydrogens (primary N) is 1. The fraction of sp³-hybridized carbons (Fsp3) is 0.154. The van der Waals surface area contributed by atoms with Crippen molar-refractivity contribution in [2.45, 2.75) is 12.5 Å². The number of benzene rings is 1. The van der Waals surface area contributed by atoms with Gasteiger partial charge >= 0.3 is 0 Å². The van der Waals surface area contributed by atoms with Crippen LogP contribution in [0.5, 0.6) is 0 Å². The Balaban J connectivity index is 2.38. The Bertz CT molecular complexity index is 667. The highest BCUT2D eigenvalue weighted by Crippen LogP contribution is 2.29. The van der Waals surface area contributed by atoms with Gasteiger partial charge in [-0.15, -0.1) is 0 Å². The molecule has 21 heavy (non-hydrogen) atoms. The van der Waals surface area contributed by atoms with Gasteiger partial charge in [0, 0.05) is 27.1 Å². The monoisotopic (exact) mass is 483 g/mol. The molecule has 2 rings (SSSR count). The van der Waals surface area contributed by atoms with Gasteiger partial charge in [-0.05, 0) is 66.0 Å². The predicted octanol–water partition coefficient (Wildman–Crippen LogP) is 4.39. The van der Waals surface area contributed by atoms with E-state index in [1.807, 2.05) is 0 Å². The Hall–Kier alpha value is -0.410. The molecule has 112 valence electrons. The van der Waals surface area contributed by atoms with Gasteiger partial charge in [-0.3, -0.25) is 16.3 Å². The SMILES string of the molecule is NNC(Cc1c(F)ccc(Br)c1F)c1ncc(Br)cc1Br. The molecule has 0 saturated heterocycles. The molecule has 1 aromatic heterocycles. The van der Waals surface area contributed by atoms with Crippen molar-refractivity contribution in [2.24, 2.45) is 5.84 Å². The lowest BCUT2D eigenvalue weighted by molar-refractivity contribution is 0.490. The van der Waals surface area contributed by atoms with Gasteiger partial charge in [0.25, 0.3) is 0 Å². The highest BCUT2D eigenvalue weighted by atomic mass is 79.9. The summed E-state index contributed by atoms with van der Waals surface area (Å²) >= 11 is 9.71. The van der Waals surface area contributed by atoms with Gasteiger partial charge in [0.2, 0.25) is 0 Å². The molecule has 0 radical (unpaired) electrons. The van der Waals surface area contributed by atoms with Crippen LogP contribution in [0.4, 0.5) is 8.78 Å². The zero-order valence-corrected chi connectivity index (χ0v) is 15.3. The van der Waals surface area contributed by atoms with Crippen molar-refractivity contribution in [1.29, 1.82) is 0 Å². The Morgan fingerprint density at radius 3 is 2.52 bits per heavy atom. The molecule has 0 amide bonds. The van der Waals surface area contributed by atoms with Crippen molar-refractivity contribution >= 4 is 47.8 Å². The molecule has 0 aliphatic heterocycles. The van der Waals surface area contributed by atoms with E-state index < -0.39 is 17.7 Å². The van der Waals surface area contributed by atoms with Gasteiger partial charge in [-0.2, -0.15) is 0 Å². The lowest BCUT2D eigenvalue weighted by atomic mass is 10.0. The van der Waals surface area contributed by atoms with Crippen LogP contribution in [0.1, 0.15) is 17.3 Å². The fourth-order valence-corrected chi connectivity index (χ4v) is 3.51. The van der Waals surface area contributed by atoms with Crippen molar-refractivity contribution in [3.8, 4) is 0 Å². The molecule has 0 aliphatic rings. The van der Waals surface area contributed by atoms with Crippen LogP contribution in [0.3, 0.4) is 0 Å². The lowest BCUT2D eigenvalue weighted by Crippen LogP contribution is -2.31. The van der Waals surface area contributed by atoms with Crippen molar-refractivity contribution in [2.75, 3.05) is 0 Å². The summed E-state index contributed by atoms with van der Waals surface area (Å²) in [6.45, 7) is 0. The zero-order chi connectivity index (χ0) is 15.6. The summed E-state index contributed by atoms with van der Waals surface area (Å²) in [5, 5.41) is 0. The first-order chi connectivity index (χ1) is 9.93. The molecule has 0 saturated carbocycles. The number of halogens is 5. The Labute approximate surface area is 145 Å². The number of nitrogens with zero attached hydrogens (tertiary/aromatic N) is 1. The quantitative estimate of drug-likeness (QED) is 0.383. The third-order valence-electron chi connectivity index (χ3n) is 2.91. The van der Waals surface area contributed by atoms with Crippen LogP contribution < -0.4 is 11.3 Å². The number of rotatable bonds is 4. The predicted molar refractivity (Wildman–Crippen MR) is 87.5 cm³/mol. The van der Waals surface area contributed by atoms with E-state index in [1.165, 1.54) is 12.1 Å². The molecule has 1 unspecified atom stereocenters. The van der Waals surface area contributed by atoms with Crippen molar-refractivity contribution < 1.29 is 8.78 Å². The Morgan fingerprint density at radius 2 is 1.90 bits per heavy atom. The van der Waals surface area contributed by atoms with Crippen LogP contribution in [0.25, 0.3) is 0 Å². The Kier molecular flexibility index (Phi) is 5.84. The van der Waals surface area contributed by atoms with Crippen molar-refractivity contribution in [1.82, 2.24) is 10.4 Å². The van der Waals surface area contributed by atoms with Crippen LogP contribution in [0, 0.1) is 11.6 Å². The smallest absolute Gasteiger partial charge is 0.143 e. The lowest BCUT2D eigenvalue weighted by Gasteiger charge is -2.18. The normalized spacial score (nSPS) is 12.5. The molecule has 3 N–H and O–H groups in total. The van der Waals surface area contributed by atoms with Gasteiger partial charge in [0.15, 0.2) is 0 Å².